The molecule has 1 aromatic rings. The quantitative estimate of drug-likeness (QED) is 0.594. The molecule has 4 nitrogen and oxygen atoms in total. The van der Waals surface area contributed by atoms with E-state index in [1.54, 1.807) is 6.92 Å². The highest BCUT2D eigenvalue weighted by atomic mass is 32.1. The van der Waals surface area contributed by atoms with Gasteiger partial charge in [-0.2, -0.15) is 0 Å². The van der Waals surface area contributed by atoms with Gasteiger partial charge in [0.2, 0.25) is 0 Å². The van der Waals surface area contributed by atoms with Crippen LogP contribution >= 0.6 is 11.5 Å². The summed E-state index contributed by atoms with van der Waals surface area (Å²) in [7, 11) is 0. The molecule has 1 rings (SSSR count). The number of aromatic nitrogens is 2. The first-order valence-electron chi connectivity index (χ1n) is 3.45. The molecule has 0 N–H and O–H groups in total. The summed E-state index contributed by atoms with van der Waals surface area (Å²) < 4.78 is 2.42. The van der Waals surface area contributed by atoms with E-state index in [1.165, 1.54) is 3.96 Å². The second-order valence-electron chi connectivity index (χ2n) is 2.12. The van der Waals surface area contributed by atoms with E-state index in [2.05, 4.69) is 5.92 Å². The maximum absolute atomic E-state index is 11.3. The average Bonchev–Trinajstić information content (AvgIpc) is 2.32. The summed E-state index contributed by atoms with van der Waals surface area (Å²) in [6.45, 7) is 2.37. The number of nitrogens with zero attached hydrogens (tertiary/aromatic N) is 2. The summed E-state index contributed by atoms with van der Waals surface area (Å²) in [4.78, 5) is 22.0. The van der Waals surface area contributed by atoms with E-state index in [-0.39, 0.29) is 17.1 Å². The van der Waals surface area contributed by atoms with Crippen LogP contribution in [-0.4, -0.2) is 8.52 Å². The van der Waals surface area contributed by atoms with Crippen molar-refractivity contribution in [1.82, 2.24) is 8.52 Å². The van der Waals surface area contributed by atoms with Crippen molar-refractivity contribution in [3.63, 3.8) is 0 Å². The van der Waals surface area contributed by atoms with Gasteiger partial charge in [0, 0.05) is 18.1 Å². The molecule has 0 spiro atoms. The highest BCUT2D eigenvalue weighted by Gasteiger charge is 2.05. The van der Waals surface area contributed by atoms with Gasteiger partial charge in [-0.1, -0.05) is 5.92 Å². The molecule has 0 unspecified atom stereocenters. The van der Waals surface area contributed by atoms with Gasteiger partial charge < -0.3 is 0 Å². The second kappa shape index (κ2) is 3.41. The van der Waals surface area contributed by atoms with Crippen LogP contribution in [0.1, 0.15) is 6.92 Å². The van der Waals surface area contributed by atoms with Gasteiger partial charge >= 0.3 is 10.6 Å². The molecule has 0 saturated heterocycles. The van der Waals surface area contributed by atoms with E-state index in [0.717, 1.165) is 16.1 Å². The van der Waals surface area contributed by atoms with Crippen LogP contribution in [-0.2, 0) is 13.1 Å². The molecule has 0 aliphatic carbocycles. The lowest BCUT2D eigenvalue weighted by Crippen LogP contribution is -2.28. The molecule has 12 heavy (non-hydrogen) atoms. The highest BCUT2D eigenvalue weighted by molar-refractivity contribution is 7.03. The van der Waals surface area contributed by atoms with Crippen molar-refractivity contribution in [2.75, 3.05) is 0 Å². The third-order valence-electron chi connectivity index (χ3n) is 1.39. The van der Waals surface area contributed by atoms with Gasteiger partial charge in [-0.3, -0.25) is 4.79 Å². The van der Waals surface area contributed by atoms with Gasteiger partial charge in [0.25, 0.3) is 0 Å². The van der Waals surface area contributed by atoms with Crippen molar-refractivity contribution in [2.24, 2.45) is 0 Å². The van der Waals surface area contributed by atoms with Crippen LogP contribution < -0.4 is 10.6 Å². The molecule has 0 aromatic carbocycles. The summed E-state index contributed by atoms with van der Waals surface area (Å²) in [5.41, 5.74) is -0.314. The molecule has 1 heterocycles. The normalized spacial score (nSPS) is 9.67. The Labute approximate surface area is 73.2 Å². The zero-order chi connectivity index (χ0) is 9.14. The SMILES string of the molecule is C#CCn1c(=O)sn(CC)c1=O. The monoisotopic (exact) mass is 184 g/mol. The maximum Gasteiger partial charge on any atom is 0.341 e. The fourth-order valence-electron chi connectivity index (χ4n) is 0.819. The first-order valence-corrected chi connectivity index (χ1v) is 4.22. The molecule has 0 atom stereocenters. The van der Waals surface area contributed by atoms with Gasteiger partial charge in [-0.05, 0) is 6.92 Å². The first kappa shape index (κ1) is 8.81. The highest BCUT2D eigenvalue weighted by Crippen LogP contribution is 1.84. The van der Waals surface area contributed by atoms with Gasteiger partial charge in [0.1, 0.15) is 0 Å². The van der Waals surface area contributed by atoms with E-state index < -0.39 is 0 Å². The minimum absolute atomic E-state index is 0.0567. The van der Waals surface area contributed by atoms with Crippen LogP contribution in [0, 0.1) is 12.3 Å². The summed E-state index contributed by atoms with van der Waals surface area (Å²) in [6, 6.07) is 0. The third-order valence-corrected chi connectivity index (χ3v) is 2.40. The molecule has 0 radical (unpaired) electrons. The van der Waals surface area contributed by atoms with Crippen molar-refractivity contribution in [1.29, 1.82) is 0 Å². The van der Waals surface area contributed by atoms with Crippen molar-refractivity contribution in [2.45, 2.75) is 20.0 Å². The number of hydrogen-bond acceptors (Lipinski definition) is 3. The number of aryl methyl sites for hydroxylation is 1. The van der Waals surface area contributed by atoms with Crippen LogP contribution in [0.2, 0.25) is 0 Å². The Kier molecular flexibility index (Phi) is 2.51. The Hall–Kier alpha value is -1.28. The molecule has 0 bridgehead atoms. The Balaban J connectivity index is 3.31. The van der Waals surface area contributed by atoms with Gasteiger partial charge in [0.05, 0.1) is 6.54 Å². The van der Waals surface area contributed by atoms with Gasteiger partial charge in [-0.25, -0.2) is 13.3 Å². The molecule has 0 fully saturated rings. The van der Waals surface area contributed by atoms with E-state index in [9.17, 15) is 9.59 Å². The van der Waals surface area contributed by atoms with Crippen LogP contribution in [0.5, 0.6) is 0 Å². The van der Waals surface area contributed by atoms with Crippen molar-refractivity contribution < 1.29 is 0 Å². The molecular weight excluding hydrogens is 176 g/mol. The topological polar surface area (TPSA) is 44.0 Å². The minimum Gasteiger partial charge on any atom is -0.255 e. The molecule has 1 aromatic heterocycles. The molecule has 0 saturated carbocycles. The van der Waals surface area contributed by atoms with Gasteiger partial charge in [0.15, 0.2) is 0 Å². The maximum atomic E-state index is 11.3. The lowest BCUT2D eigenvalue weighted by molar-refractivity contribution is 0.692. The number of rotatable bonds is 2. The molecule has 5 heteroatoms. The van der Waals surface area contributed by atoms with E-state index in [4.69, 9.17) is 6.42 Å². The standard InChI is InChI=1S/C7H8N2O2S/c1-3-5-8-6(10)9(4-2)12-7(8)11/h1H,4-5H2,2H3. The van der Waals surface area contributed by atoms with Crippen LogP contribution in [0.4, 0.5) is 0 Å². The Bertz CT molecular complexity index is 418. The van der Waals surface area contributed by atoms with Crippen LogP contribution in [0.3, 0.4) is 0 Å². The smallest absolute Gasteiger partial charge is 0.255 e. The molecule has 0 amide bonds. The van der Waals surface area contributed by atoms with Crippen LogP contribution in [0.15, 0.2) is 9.59 Å². The summed E-state index contributed by atoms with van der Waals surface area (Å²) in [5.74, 6) is 2.26. The Morgan fingerprint density at radius 1 is 1.58 bits per heavy atom. The first-order chi connectivity index (χ1) is 5.70. The summed E-state index contributed by atoms with van der Waals surface area (Å²) >= 11 is 0.897. The van der Waals surface area contributed by atoms with E-state index in [0.29, 0.717) is 6.54 Å². The summed E-state index contributed by atoms with van der Waals surface area (Å²) in [6.07, 6.45) is 5.00. The zero-order valence-electron chi connectivity index (χ0n) is 6.61. The van der Waals surface area contributed by atoms with Crippen molar-refractivity contribution >= 4 is 11.5 Å². The molecule has 0 aliphatic heterocycles. The van der Waals surface area contributed by atoms with Gasteiger partial charge in [-0.15, -0.1) is 6.42 Å². The number of terminal acetylenes is 1. The predicted octanol–water partition coefficient (Wildman–Crippen LogP) is -0.275. The minimum atomic E-state index is -0.314. The molecule has 64 valence electrons. The Morgan fingerprint density at radius 3 is 2.67 bits per heavy atom. The lowest BCUT2D eigenvalue weighted by Gasteiger charge is -1.90. The molecule has 0 aliphatic rings. The average molecular weight is 184 g/mol. The zero-order valence-corrected chi connectivity index (χ0v) is 7.43. The lowest BCUT2D eigenvalue weighted by atomic mass is 10.6. The fraction of sp³-hybridized carbons (Fsp3) is 0.429. The van der Waals surface area contributed by atoms with Crippen molar-refractivity contribution in [3.8, 4) is 12.3 Å². The predicted molar refractivity (Wildman–Crippen MR) is 47.3 cm³/mol. The van der Waals surface area contributed by atoms with Crippen molar-refractivity contribution in [3.05, 3.63) is 20.2 Å². The van der Waals surface area contributed by atoms with Crippen LogP contribution in [0.25, 0.3) is 0 Å². The molecular formula is C7H8N2O2S. The third kappa shape index (κ3) is 1.34. The fourth-order valence-corrected chi connectivity index (χ4v) is 1.55. The second-order valence-corrected chi connectivity index (χ2v) is 3.10. The van der Waals surface area contributed by atoms with E-state index in [1.807, 2.05) is 0 Å². The largest absolute Gasteiger partial charge is 0.341 e. The Morgan fingerprint density at radius 2 is 2.25 bits per heavy atom. The van der Waals surface area contributed by atoms with E-state index >= 15 is 0 Å². The number of hydrogen-bond donors (Lipinski definition) is 0. The summed E-state index contributed by atoms with van der Waals surface area (Å²) in [5, 5.41) is 0.